The fourth-order valence-corrected chi connectivity index (χ4v) is 4.36. The molecule has 0 spiro atoms. The van der Waals surface area contributed by atoms with Gasteiger partial charge in [-0.2, -0.15) is 4.98 Å². The van der Waals surface area contributed by atoms with Crippen LogP contribution in [0, 0.1) is 0 Å². The Labute approximate surface area is 180 Å². The molecule has 3 aromatic rings. The Bertz CT molecular complexity index is 1240. The number of hydrogen-bond donors (Lipinski definition) is 0. The summed E-state index contributed by atoms with van der Waals surface area (Å²) in [5, 5.41) is 0.380. The van der Waals surface area contributed by atoms with E-state index in [1.807, 2.05) is 6.92 Å². The Kier molecular flexibility index (Phi) is 5.40. The van der Waals surface area contributed by atoms with Crippen molar-refractivity contribution in [3.8, 4) is 11.6 Å². The molecule has 1 aromatic carbocycles. The number of halogens is 1. The molecule has 1 saturated heterocycles. The first-order valence-corrected chi connectivity index (χ1v) is 10.3. The lowest BCUT2D eigenvalue weighted by Gasteiger charge is -2.11. The number of rotatable bonds is 4. The van der Waals surface area contributed by atoms with Gasteiger partial charge in [-0.1, -0.05) is 53.8 Å². The number of thiocarbonyl (C=S) groups is 1. The maximum atomic E-state index is 13.1. The van der Waals surface area contributed by atoms with Crippen molar-refractivity contribution >= 4 is 57.5 Å². The molecule has 2 aromatic heterocycles. The number of thioether (sulfide) groups is 1. The van der Waals surface area contributed by atoms with E-state index in [4.69, 9.17) is 28.6 Å². The number of pyridine rings is 1. The highest BCUT2D eigenvalue weighted by Gasteiger charge is 2.31. The van der Waals surface area contributed by atoms with E-state index in [2.05, 4.69) is 4.98 Å². The van der Waals surface area contributed by atoms with Crippen LogP contribution in [0.5, 0.6) is 11.6 Å². The zero-order chi connectivity index (χ0) is 20.5. The molecule has 3 heterocycles. The summed E-state index contributed by atoms with van der Waals surface area (Å²) in [6, 6.07) is 12.1. The highest BCUT2D eigenvalue weighted by Crippen LogP contribution is 2.34. The van der Waals surface area contributed by atoms with Gasteiger partial charge >= 0.3 is 0 Å². The Morgan fingerprint density at radius 1 is 1.21 bits per heavy atom. The maximum Gasteiger partial charge on any atom is 0.269 e. The Hall–Kier alpha value is -2.68. The van der Waals surface area contributed by atoms with E-state index >= 15 is 0 Å². The van der Waals surface area contributed by atoms with Crippen molar-refractivity contribution in [2.45, 2.75) is 6.92 Å². The van der Waals surface area contributed by atoms with Gasteiger partial charge in [0.15, 0.2) is 0 Å². The lowest BCUT2D eigenvalue weighted by molar-refractivity contribution is -0.121. The molecule has 0 saturated carbocycles. The molecule has 6 nitrogen and oxygen atoms in total. The molecule has 1 fully saturated rings. The molecule has 29 heavy (non-hydrogen) atoms. The van der Waals surface area contributed by atoms with E-state index in [0.29, 0.717) is 32.2 Å². The molecule has 1 aliphatic rings. The van der Waals surface area contributed by atoms with Gasteiger partial charge in [-0.05, 0) is 37.3 Å². The highest BCUT2D eigenvalue weighted by molar-refractivity contribution is 8.26. The lowest BCUT2D eigenvalue weighted by Crippen LogP contribution is -2.27. The molecule has 0 atom stereocenters. The number of aromatic nitrogens is 2. The van der Waals surface area contributed by atoms with Crippen LogP contribution in [0.2, 0.25) is 5.02 Å². The molecule has 0 aliphatic carbocycles. The number of carbonyl (C=O) groups is 1. The first-order valence-electron chi connectivity index (χ1n) is 8.68. The SMILES string of the molecule is CCN1C(=O)/C(=C\c2c(Oc3ccccc3Cl)nc3ccccn3c2=O)SC1=S. The van der Waals surface area contributed by atoms with Gasteiger partial charge in [0.1, 0.15) is 21.3 Å². The highest BCUT2D eigenvalue weighted by atomic mass is 35.5. The molecule has 1 amide bonds. The molecule has 9 heteroatoms. The fraction of sp³-hybridized carbons (Fsp3) is 0.100. The van der Waals surface area contributed by atoms with Gasteiger partial charge in [0.2, 0.25) is 5.88 Å². The molecule has 0 radical (unpaired) electrons. The normalized spacial score (nSPS) is 15.5. The van der Waals surface area contributed by atoms with Gasteiger partial charge in [0, 0.05) is 12.7 Å². The summed E-state index contributed by atoms with van der Waals surface area (Å²) >= 11 is 12.6. The van der Waals surface area contributed by atoms with E-state index in [1.54, 1.807) is 48.7 Å². The van der Waals surface area contributed by atoms with Crippen LogP contribution in [0.1, 0.15) is 12.5 Å². The minimum atomic E-state index is -0.362. The number of hydrogen-bond acceptors (Lipinski definition) is 6. The summed E-state index contributed by atoms with van der Waals surface area (Å²) in [7, 11) is 0. The molecular formula is C20H14ClN3O3S2. The van der Waals surface area contributed by atoms with Crippen molar-refractivity contribution in [2.24, 2.45) is 0 Å². The second-order valence-corrected chi connectivity index (χ2v) is 8.11. The first kappa shape index (κ1) is 19.6. The summed E-state index contributed by atoms with van der Waals surface area (Å²) < 4.78 is 7.73. The standard InChI is InChI=1S/C20H14ClN3O3S2/c1-2-23-19(26)15(29-20(23)28)11-12-17(27-14-8-4-3-7-13(14)21)22-16-9-5-6-10-24(16)18(12)25/h3-11H,2H2,1H3/b15-11+. The number of benzene rings is 1. The Balaban J connectivity index is 1.90. The number of para-hydroxylation sites is 1. The second-order valence-electron chi connectivity index (χ2n) is 6.02. The molecule has 0 N–H and O–H groups in total. The summed E-state index contributed by atoms with van der Waals surface area (Å²) in [6.07, 6.45) is 3.09. The van der Waals surface area contributed by atoms with Gasteiger partial charge in [0.25, 0.3) is 11.5 Å². The van der Waals surface area contributed by atoms with Crippen LogP contribution in [0.25, 0.3) is 11.7 Å². The van der Waals surface area contributed by atoms with Crippen LogP contribution in [0.4, 0.5) is 0 Å². The smallest absolute Gasteiger partial charge is 0.269 e. The van der Waals surface area contributed by atoms with E-state index in [9.17, 15) is 9.59 Å². The van der Waals surface area contributed by atoms with Crippen LogP contribution in [-0.4, -0.2) is 31.1 Å². The van der Waals surface area contributed by atoms with E-state index < -0.39 is 0 Å². The number of fused-ring (bicyclic) bond motifs is 1. The molecule has 0 unspecified atom stereocenters. The first-order chi connectivity index (χ1) is 14.0. The molecule has 4 rings (SSSR count). The van der Waals surface area contributed by atoms with Crippen molar-refractivity contribution in [1.82, 2.24) is 14.3 Å². The van der Waals surface area contributed by atoms with Crippen molar-refractivity contribution in [2.75, 3.05) is 6.54 Å². The summed E-state index contributed by atoms with van der Waals surface area (Å²) in [6.45, 7) is 2.30. The second kappa shape index (κ2) is 7.98. The Morgan fingerprint density at radius 2 is 1.97 bits per heavy atom. The van der Waals surface area contributed by atoms with Gasteiger partial charge in [-0.3, -0.25) is 18.9 Å². The van der Waals surface area contributed by atoms with E-state index in [1.165, 1.54) is 15.4 Å². The van der Waals surface area contributed by atoms with Gasteiger partial charge in [-0.15, -0.1) is 0 Å². The average molecular weight is 444 g/mol. The van der Waals surface area contributed by atoms with Gasteiger partial charge < -0.3 is 4.74 Å². The number of nitrogens with zero attached hydrogens (tertiary/aromatic N) is 3. The van der Waals surface area contributed by atoms with Gasteiger partial charge in [0.05, 0.1) is 9.93 Å². The van der Waals surface area contributed by atoms with Crippen LogP contribution >= 0.6 is 35.6 Å². The monoisotopic (exact) mass is 443 g/mol. The molecular weight excluding hydrogens is 430 g/mol. The predicted molar refractivity (Wildman–Crippen MR) is 119 cm³/mol. The third-order valence-electron chi connectivity index (χ3n) is 4.24. The van der Waals surface area contributed by atoms with Crippen molar-refractivity contribution in [1.29, 1.82) is 0 Å². The predicted octanol–water partition coefficient (Wildman–Crippen LogP) is 4.36. The van der Waals surface area contributed by atoms with Crippen LogP contribution < -0.4 is 10.3 Å². The molecule has 0 bridgehead atoms. The maximum absolute atomic E-state index is 13.1. The van der Waals surface area contributed by atoms with Crippen LogP contribution in [0.3, 0.4) is 0 Å². The number of ether oxygens (including phenoxy) is 1. The Morgan fingerprint density at radius 3 is 2.69 bits per heavy atom. The van der Waals surface area contributed by atoms with Crippen LogP contribution in [-0.2, 0) is 4.79 Å². The van der Waals surface area contributed by atoms with Crippen molar-refractivity contribution in [3.63, 3.8) is 0 Å². The fourth-order valence-electron chi connectivity index (χ4n) is 2.82. The van der Waals surface area contributed by atoms with Crippen molar-refractivity contribution < 1.29 is 9.53 Å². The summed E-state index contributed by atoms with van der Waals surface area (Å²) in [5.74, 6) is 0.178. The number of carbonyl (C=O) groups excluding carboxylic acids is 1. The van der Waals surface area contributed by atoms with Gasteiger partial charge in [-0.25, -0.2) is 0 Å². The van der Waals surface area contributed by atoms with E-state index in [-0.39, 0.29) is 22.9 Å². The number of likely N-dealkylation sites (N-methyl/N-ethyl adjacent to an activating group) is 1. The molecule has 146 valence electrons. The summed E-state index contributed by atoms with van der Waals surface area (Å²) in [4.78, 5) is 32.0. The third kappa shape index (κ3) is 3.66. The zero-order valence-corrected chi connectivity index (χ0v) is 17.6. The largest absolute Gasteiger partial charge is 0.437 e. The topological polar surface area (TPSA) is 63.9 Å². The minimum Gasteiger partial charge on any atom is -0.437 e. The summed E-state index contributed by atoms with van der Waals surface area (Å²) in [5.41, 5.74) is 0.197. The molecule has 1 aliphatic heterocycles. The third-order valence-corrected chi connectivity index (χ3v) is 5.93. The lowest BCUT2D eigenvalue weighted by atomic mass is 10.2. The number of amides is 1. The van der Waals surface area contributed by atoms with E-state index in [0.717, 1.165) is 11.8 Å². The van der Waals surface area contributed by atoms with Crippen LogP contribution in [0.15, 0.2) is 58.4 Å². The average Bonchev–Trinajstić information content (AvgIpc) is 2.99. The quantitative estimate of drug-likeness (QED) is 0.441. The van der Waals surface area contributed by atoms with Crippen molar-refractivity contribution in [3.05, 3.63) is 74.5 Å². The minimum absolute atomic E-state index is 0.0658. The zero-order valence-electron chi connectivity index (χ0n) is 15.2.